The smallest absolute Gasteiger partial charge is 0.246 e. The molecule has 0 aromatic carbocycles. The molecule has 1 saturated heterocycles. The molecular formula is C14H26N2O2. The number of hydrogen-bond donors (Lipinski definition) is 1. The topological polar surface area (TPSA) is 49.4 Å². The molecule has 0 bridgehead atoms. The summed E-state index contributed by atoms with van der Waals surface area (Å²) < 4.78 is 0. The van der Waals surface area contributed by atoms with Crippen LogP contribution in [0.4, 0.5) is 0 Å². The summed E-state index contributed by atoms with van der Waals surface area (Å²) in [6.45, 7) is 12.0. The second kappa shape index (κ2) is 5.72. The van der Waals surface area contributed by atoms with E-state index in [1.807, 2.05) is 27.7 Å². The fourth-order valence-electron chi connectivity index (χ4n) is 2.43. The number of nitrogens with zero attached hydrogens (tertiary/aromatic N) is 1. The lowest BCUT2D eigenvalue weighted by molar-refractivity contribution is -0.153. The molecule has 0 radical (unpaired) electrons. The van der Waals surface area contributed by atoms with Crippen LogP contribution in [0.15, 0.2) is 0 Å². The molecule has 1 N–H and O–H groups in total. The SMILES string of the molecule is CCC(C)C(C)N1C(=O)C(C(C)C)NC(=O)C1C. The van der Waals surface area contributed by atoms with Crippen molar-refractivity contribution in [1.82, 2.24) is 10.2 Å². The highest BCUT2D eigenvalue weighted by Crippen LogP contribution is 2.23. The average molecular weight is 254 g/mol. The van der Waals surface area contributed by atoms with Crippen LogP contribution in [0.5, 0.6) is 0 Å². The third-order valence-corrected chi connectivity index (χ3v) is 4.19. The first-order valence-electron chi connectivity index (χ1n) is 6.93. The minimum absolute atomic E-state index is 0.0385. The maximum atomic E-state index is 12.5. The van der Waals surface area contributed by atoms with Crippen molar-refractivity contribution in [3.05, 3.63) is 0 Å². The number of carbonyl (C=O) groups excluding carboxylic acids is 2. The summed E-state index contributed by atoms with van der Waals surface area (Å²) in [7, 11) is 0. The van der Waals surface area contributed by atoms with Crippen molar-refractivity contribution in [2.24, 2.45) is 11.8 Å². The Morgan fingerprint density at radius 3 is 2.22 bits per heavy atom. The van der Waals surface area contributed by atoms with Gasteiger partial charge in [-0.15, -0.1) is 0 Å². The van der Waals surface area contributed by atoms with Crippen LogP contribution in [-0.2, 0) is 9.59 Å². The molecule has 4 atom stereocenters. The molecule has 0 spiro atoms. The van der Waals surface area contributed by atoms with E-state index < -0.39 is 0 Å². The average Bonchev–Trinajstić information content (AvgIpc) is 2.32. The number of amides is 2. The third kappa shape index (κ3) is 2.68. The fraction of sp³-hybridized carbons (Fsp3) is 0.857. The van der Waals surface area contributed by atoms with Gasteiger partial charge in [0.1, 0.15) is 12.1 Å². The Balaban J connectivity index is 2.98. The van der Waals surface area contributed by atoms with Crippen molar-refractivity contribution in [3.8, 4) is 0 Å². The van der Waals surface area contributed by atoms with Gasteiger partial charge < -0.3 is 10.2 Å². The van der Waals surface area contributed by atoms with Crippen LogP contribution < -0.4 is 5.32 Å². The van der Waals surface area contributed by atoms with E-state index in [4.69, 9.17) is 0 Å². The molecular weight excluding hydrogens is 228 g/mol. The summed E-state index contributed by atoms with van der Waals surface area (Å²) in [5.74, 6) is 0.545. The summed E-state index contributed by atoms with van der Waals surface area (Å²) in [6.07, 6.45) is 1.01. The maximum absolute atomic E-state index is 12.5. The highest BCUT2D eigenvalue weighted by molar-refractivity contribution is 5.97. The zero-order valence-electron chi connectivity index (χ0n) is 12.4. The predicted molar refractivity (Wildman–Crippen MR) is 72.0 cm³/mol. The standard InChI is InChI=1S/C14H26N2O2/c1-7-9(4)10(5)16-11(6)13(17)15-12(8(2)3)14(16)18/h8-12H,7H2,1-6H3,(H,15,17). The van der Waals surface area contributed by atoms with Gasteiger partial charge in [-0.3, -0.25) is 9.59 Å². The van der Waals surface area contributed by atoms with Gasteiger partial charge in [0.2, 0.25) is 11.8 Å². The van der Waals surface area contributed by atoms with E-state index in [9.17, 15) is 9.59 Å². The molecule has 4 nitrogen and oxygen atoms in total. The van der Waals surface area contributed by atoms with Gasteiger partial charge in [0, 0.05) is 6.04 Å². The zero-order chi connectivity index (χ0) is 14.0. The molecule has 0 aromatic heterocycles. The van der Waals surface area contributed by atoms with Crippen LogP contribution >= 0.6 is 0 Å². The van der Waals surface area contributed by atoms with E-state index in [2.05, 4.69) is 19.2 Å². The molecule has 4 unspecified atom stereocenters. The summed E-state index contributed by atoms with van der Waals surface area (Å²) in [5, 5.41) is 2.83. The van der Waals surface area contributed by atoms with Crippen molar-refractivity contribution >= 4 is 11.8 Å². The number of hydrogen-bond acceptors (Lipinski definition) is 2. The Hall–Kier alpha value is -1.06. The van der Waals surface area contributed by atoms with Crippen molar-refractivity contribution in [1.29, 1.82) is 0 Å². The lowest BCUT2D eigenvalue weighted by Crippen LogP contribution is -2.66. The Kier molecular flexibility index (Phi) is 4.77. The van der Waals surface area contributed by atoms with Gasteiger partial charge in [-0.25, -0.2) is 0 Å². The molecule has 1 aliphatic heterocycles. The number of rotatable bonds is 4. The van der Waals surface area contributed by atoms with E-state index in [0.717, 1.165) is 6.42 Å². The van der Waals surface area contributed by atoms with Gasteiger partial charge in [0.25, 0.3) is 0 Å². The molecule has 2 amide bonds. The second-order valence-corrected chi connectivity index (χ2v) is 5.78. The molecule has 1 rings (SSSR count). The van der Waals surface area contributed by atoms with Crippen molar-refractivity contribution in [2.45, 2.75) is 66.1 Å². The van der Waals surface area contributed by atoms with Crippen LogP contribution in [0.2, 0.25) is 0 Å². The van der Waals surface area contributed by atoms with Crippen LogP contribution in [0, 0.1) is 11.8 Å². The molecule has 0 aromatic rings. The monoisotopic (exact) mass is 254 g/mol. The Morgan fingerprint density at radius 1 is 1.22 bits per heavy atom. The number of piperazine rings is 1. The molecule has 1 aliphatic rings. The lowest BCUT2D eigenvalue weighted by atomic mass is 9.92. The Bertz CT molecular complexity index is 328. The molecule has 1 heterocycles. The molecule has 4 heteroatoms. The largest absolute Gasteiger partial charge is 0.342 e. The van der Waals surface area contributed by atoms with Crippen molar-refractivity contribution in [3.63, 3.8) is 0 Å². The third-order valence-electron chi connectivity index (χ3n) is 4.19. The van der Waals surface area contributed by atoms with Crippen molar-refractivity contribution < 1.29 is 9.59 Å². The van der Waals surface area contributed by atoms with Gasteiger partial charge in [-0.1, -0.05) is 34.1 Å². The summed E-state index contributed by atoms with van der Waals surface area (Å²) >= 11 is 0. The van der Waals surface area contributed by atoms with Gasteiger partial charge in [-0.05, 0) is 25.7 Å². The molecule has 1 fully saturated rings. The minimum Gasteiger partial charge on any atom is -0.342 e. The fourth-order valence-corrected chi connectivity index (χ4v) is 2.43. The van der Waals surface area contributed by atoms with E-state index in [1.165, 1.54) is 0 Å². The number of carbonyl (C=O) groups is 2. The van der Waals surface area contributed by atoms with Gasteiger partial charge in [0.15, 0.2) is 0 Å². The summed E-state index contributed by atoms with van der Waals surface area (Å²) in [6, 6.07) is -0.637. The highest BCUT2D eigenvalue weighted by Gasteiger charge is 2.42. The van der Waals surface area contributed by atoms with Gasteiger partial charge >= 0.3 is 0 Å². The zero-order valence-corrected chi connectivity index (χ0v) is 12.4. The van der Waals surface area contributed by atoms with Crippen LogP contribution in [0.25, 0.3) is 0 Å². The lowest BCUT2D eigenvalue weighted by Gasteiger charge is -2.43. The summed E-state index contributed by atoms with van der Waals surface area (Å²) in [4.78, 5) is 26.2. The molecule has 18 heavy (non-hydrogen) atoms. The first-order valence-corrected chi connectivity index (χ1v) is 6.93. The van der Waals surface area contributed by atoms with Gasteiger partial charge in [-0.2, -0.15) is 0 Å². The quantitative estimate of drug-likeness (QED) is 0.831. The van der Waals surface area contributed by atoms with E-state index in [-0.39, 0.29) is 35.9 Å². The molecule has 104 valence electrons. The second-order valence-electron chi connectivity index (χ2n) is 5.78. The number of nitrogens with one attached hydrogen (secondary N) is 1. The van der Waals surface area contributed by atoms with Crippen LogP contribution in [0.3, 0.4) is 0 Å². The Morgan fingerprint density at radius 2 is 1.78 bits per heavy atom. The van der Waals surface area contributed by atoms with Crippen molar-refractivity contribution in [2.75, 3.05) is 0 Å². The highest BCUT2D eigenvalue weighted by atomic mass is 16.2. The van der Waals surface area contributed by atoms with E-state index in [1.54, 1.807) is 4.90 Å². The molecule has 0 saturated carbocycles. The summed E-state index contributed by atoms with van der Waals surface area (Å²) in [5.41, 5.74) is 0. The van der Waals surface area contributed by atoms with E-state index in [0.29, 0.717) is 5.92 Å². The normalized spacial score (nSPS) is 28.3. The Labute approximate surface area is 110 Å². The maximum Gasteiger partial charge on any atom is 0.246 e. The molecule has 0 aliphatic carbocycles. The van der Waals surface area contributed by atoms with Crippen LogP contribution in [-0.4, -0.2) is 34.8 Å². The first-order chi connectivity index (χ1) is 8.31. The predicted octanol–water partition coefficient (Wildman–Crippen LogP) is 1.79. The van der Waals surface area contributed by atoms with E-state index >= 15 is 0 Å². The minimum atomic E-state index is -0.375. The van der Waals surface area contributed by atoms with Crippen LogP contribution in [0.1, 0.15) is 48.0 Å². The van der Waals surface area contributed by atoms with Gasteiger partial charge in [0.05, 0.1) is 0 Å². The first kappa shape index (κ1) is 15.0.